The minimum atomic E-state index is 0.00786. The molecule has 0 aliphatic rings. The van der Waals surface area contributed by atoms with Gasteiger partial charge in [-0.1, -0.05) is 6.07 Å². The molecule has 0 fully saturated rings. The van der Waals surface area contributed by atoms with Crippen molar-refractivity contribution in [3.63, 3.8) is 0 Å². The summed E-state index contributed by atoms with van der Waals surface area (Å²) in [7, 11) is 1.98. The van der Waals surface area contributed by atoms with Crippen LogP contribution in [-0.4, -0.2) is 26.1 Å². The van der Waals surface area contributed by atoms with Gasteiger partial charge >= 0.3 is 0 Å². The zero-order valence-electron chi connectivity index (χ0n) is 12.4. The van der Waals surface area contributed by atoms with Gasteiger partial charge in [0.1, 0.15) is 17.5 Å². The maximum Gasteiger partial charge on any atom is 0.174 e. The molecular formula is C17H13N5O. The molecule has 0 unspecified atom stereocenters. The van der Waals surface area contributed by atoms with Gasteiger partial charge in [-0.15, -0.1) is 0 Å². The zero-order chi connectivity index (χ0) is 15.8. The summed E-state index contributed by atoms with van der Waals surface area (Å²) in [6.45, 7) is 0.00786. The molecule has 0 amide bonds. The Labute approximate surface area is 132 Å². The smallest absolute Gasteiger partial charge is 0.174 e. The van der Waals surface area contributed by atoms with E-state index in [-0.39, 0.29) is 6.61 Å². The fourth-order valence-electron chi connectivity index (χ4n) is 2.71. The maximum absolute atomic E-state index is 8.63. The molecule has 3 heterocycles. The number of aryl methyl sites for hydroxylation is 1. The molecule has 0 saturated carbocycles. The van der Waals surface area contributed by atoms with Gasteiger partial charge in [-0.25, -0.2) is 9.97 Å². The third kappa shape index (κ3) is 2.19. The summed E-state index contributed by atoms with van der Waals surface area (Å²) in [5.74, 6) is 0.585. The number of hydrogen-bond acceptors (Lipinski definition) is 4. The molecule has 6 heteroatoms. The summed E-state index contributed by atoms with van der Waals surface area (Å²) in [5.41, 5.74) is 4.94. The number of pyridine rings is 1. The van der Waals surface area contributed by atoms with Crippen molar-refractivity contribution in [3.05, 3.63) is 43.0 Å². The highest BCUT2D eigenvalue weighted by Gasteiger charge is 2.10. The molecule has 1 N–H and O–H groups in total. The largest absolute Gasteiger partial charge is 0.477 e. The van der Waals surface area contributed by atoms with Crippen LogP contribution in [0.3, 0.4) is 0 Å². The molecule has 0 bridgehead atoms. The second-order valence-electron chi connectivity index (χ2n) is 5.28. The van der Waals surface area contributed by atoms with Crippen molar-refractivity contribution in [1.82, 2.24) is 19.5 Å². The number of nitrogens with one attached hydrogen (secondary N) is 1. The molecule has 112 valence electrons. The van der Waals surface area contributed by atoms with Crippen LogP contribution in [0, 0.1) is 11.3 Å². The lowest BCUT2D eigenvalue weighted by Gasteiger charge is -2.04. The lowest BCUT2D eigenvalue weighted by atomic mass is 10.1. The molecular weight excluding hydrogens is 290 g/mol. The fourth-order valence-corrected chi connectivity index (χ4v) is 2.71. The maximum atomic E-state index is 8.63. The van der Waals surface area contributed by atoms with Gasteiger partial charge < -0.3 is 14.3 Å². The van der Waals surface area contributed by atoms with Crippen LogP contribution in [0.15, 0.2) is 43.0 Å². The SMILES string of the molecule is Cn1cnc2ccc(-c3c[nH]c4ncc(OCC#N)cc34)cc21. The van der Waals surface area contributed by atoms with E-state index in [0.29, 0.717) is 5.75 Å². The molecule has 0 spiro atoms. The predicted octanol–water partition coefficient (Wildman–Crippen LogP) is 3.02. The van der Waals surface area contributed by atoms with Crippen LogP contribution in [0.25, 0.3) is 33.2 Å². The molecule has 3 aromatic heterocycles. The molecule has 0 aliphatic heterocycles. The topological polar surface area (TPSA) is 79.5 Å². The normalized spacial score (nSPS) is 11.0. The van der Waals surface area contributed by atoms with Gasteiger partial charge in [0.25, 0.3) is 0 Å². The standard InChI is InChI=1S/C17H13N5O/c1-22-10-21-15-3-2-11(6-16(15)22)14-9-20-17-13(14)7-12(8-19-17)23-5-4-18/h2-3,6-10H,5H2,1H3,(H,19,20). The first-order valence-electron chi connectivity index (χ1n) is 7.14. The number of fused-ring (bicyclic) bond motifs is 2. The zero-order valence-corrected chi connectivity index (χ0v) is 12.4. The minimum absolute atomic E-state index is 0.00786. The van der Waals surface area contributed by atoms with Gasteiger partial charge in [0.15, 0.2) is 6.61 Å². The summed E-state index contributed by atoms with van der Waals surface area (Å²) in [6.07, 6.45) is 5.35. The fraction of sp³-hybridized carbons (Fsp3) is 0.118. The number of imidazole rings is 1. The number of nitrogens with zero attached hydrogens (tertiary/aromatic N) is 4. The van der Waals surface area contributed by atoms with Crippen LogP contribution >= 0.6 is 0 Å². The van der Waals surface area contributed by atoms with Crippen molar-refractivity contribution in [2.24, 2.45) is 7.05 Å². The average Bonchev–Trinajstić information content (AvgIpc) is 3.16. The molecule has 0 aliphatic carbocycles. The lowest BCUT2D eigenvalue weighted by Crippen LogP contribution is -1.93. The average molecular weight is 303 g/mol. The van der Waals surface area contributed by atoms with Crippen molar-refractivity contribution < 1.29 is 4.74 Å². The number of nitriles is 1. The van der Waals surface area contributed by atoms with Crippen molar-refractivity contribution in [1.29, 1.82) is 5.26 Å². The molecule has 0 atom stereocenters. The summed E-state index contributed by atoms with van der Waals surface area (Å²) in [6, 6.07) is 10.0. The number of aromatic nitrogens is 4. The predicted molar refractivity (Wildman–Crippen MR) is 86.9 cm³/mol. The summed E-state index contributed by atoms with van der Waals surface area (Å²) in [5, 5.41) is 9.59. The van der Waals surface area contributed by atoms with E-state index in [1.807, 2.05) is 42.1 Å². The van der Waals surface area contributed by atoms with E-state index in [1.54, 1.807) is 12.5 Å². The first-order chi connectivity index (χ1) is 11.3. The number of rotatable bonds is 3. The van der Waals surface area contributed by atoms with E-state index in [1.165, 1.54) is 0 Å². The molecule has 4 aromatic rings. The molecule has 6 nitrogen and oxygen atoms in total. The van der Waals surface area contributed by atoms with Crippen LogP contribution in [0.1, 0.15) is 0 Å². The molecule has 23 heavy (non-hydrogen) atoms. The Bertz CT molecular complexity index is 1050. The van der Waals surface area contributed by atoms with Crippen molar-refractivity contribution in [2.75, 3.05) is 6.61 Å². The van der Waals surface area contributed by atoms with Crippen molar-refractivity contribution in [2.45, 2.75) is 0 Å². The van der Waals surface area contributed by atoms with E-state index in [4.69, 9.17) is 10.00 Å². The lowest BCUT2D eigenvalue weighted by molar-refractivity contribution is 0.367. The number of H-pyrrole nitrogens is 1. The van der Waals surface area contributed by atoms with E-state index in [0.717, 1.165) is 33.2 Å². The summed E-state index contributed by atoms with van der Waals surface area (Å²) in [4.78, 5) is 11.9. The second-order valence-corrected chi connectivity index (χ2v) is 5.28. The van der Waals surface area contributed by atoms with Crippen molar-refractivity contribution >= 4 is 22.1 Å². The van der Waals surface area contributed by atoms with Crippen LogP contribution < -0.4 is 4.74 Å². The van der Waals surface area contributed by atoms with Crippen LogP contribution in [0.5, 0.6) is 5.75 Å². The minimum Gasteiger partial charge on any atom is -0.477 e. The molecule has 4 rings (SSSR count). The number of benzene rings is 1. The Balaban J connectivity index is 1.86. The van der Waals surface area contributed by atoms with Gasteiger partial charge in [0.05, 0.1) is 23.6 Å². The van der Waals surface area contributed by atoms with E-state index in [9.17, 15) is 0 Å². The highest BCUT2D eigenvalue weighted by molar-refractivity contribution is 5.96. The first kappa shape index (κ1) is 13.3. The van der Waals surface area contributed by atoms with E-state index in [2.05, 4.69) is 21.0 Å². The van der Waals surface area contributed by atoms with Gasteiger partial charge in [0, 0.05) is 24.2 Å². The van der Waals surface area contributed by atoms with Gasteiger partial charge in [-0.2, -0.15) is 5.26 Å². The van der Waals surface area contributed by atoms with Crippen LogP contribution in [-0.2, 0) is 7.05 Å². The Morgan fingerprint density at radius 2 is 2.22 bits per heavy atom. The van der Waals surface area contributed by atoms with Crippen LogP contribution in [0.4, 0.5) is 0 Å². The monoisotopic (exact) mass is 303 g/mol. The Hall–Kier alpha value is -3.33. The Morgan fingerprint density at radius 1 is 1.30 bits per heavy atom. The highest BCUT2D eigenvalue weighted by atomic mass is 16.5. The molecule has 0 radical (unpaired) electrons. The summed E-state index contributed by atoms with van der Waals surface area (Å²) < 4.78 is 7.34. The van der Waals surface area contributed by atoms with Crippen molar-refractivity contribution in [3.8, 4) is 22.9 Å². The summed E-state index contributed by atoms with van der Waals surface area (Å²) >= 11 is 0. The van der Waals surface area contributed by atoms with Gasteiger partial charge in [-0.3, -0.25) is 0 Å². The van der Waals surface area contributed by atoms with E-state index < -0.39 is 0 Å². The highest BCUT2D eigenvalue weighted by Crippen LogP contribution is 2.31. The van der Waals surface area contributed by atoms with Crippen LogP contribution in [0.2, 0.25) is 0 Å². The number of hydrogen-bond donors (Lipinski definition) is 1. The quantitative estimate of drug-likeness (QED) is 0.631. The Morgan fingerprint density at radius 3 is 3.09 bits per heavy atom. The second kappa shape index (κ2) is 5.14. The number of ether oxygens (including phenoxy) is 1. The van der Waals surface area contributed by atoms with E-state index >= 15 is 0 Å². The number of aromatic amines is 1. The van der Waals surface area contributed by atoms with Gasteiger partial charge in [0.2, 0.25) is 0 Å². The third-order valence-corrected chi connectivity index (χ3v) is 3.85. The first-order valence-corrected chi connectivity index (χ1v) is 7.14. The third-order valence-electron chi connectivity index (χ3n) is 3.85. The Kier molecular flexibility index (Phi) is 2.98. The molecule has 0 saturated heterocycles. The molecule has 1 aromatic carbocycles. The van der Waals surface area contributed by atoms with Gasteiger partial charge in [-0.05, 0) is 23.8 Å².